The van der Waals surface area contributed by atoms with Crippen molar-refractivity contribution in [3.63, 3.8) is 0 Å². The van der Waals surface area contributed by atoms with E-state index in [1.807, 2.05) is 13.1 Å². The van der Waals surface area contributed by atoms with Gasteiger partial charge in [-0.05, 0) is 38.1 Å². The lowest BCUT2D eigenvalue weighted by Crippen LogP contribution is -2.42. The predicted octanol–water partition coefficient (Wildman–Crippen LogP) is 2.67. The van der Waals surface area contributed by atoms with E-state index in [1.54, 1.807) is 26.4 Å². The van der Waals surface area contributed by atoms with Crippen molar-refractivity contribution >= 4 is 10.0 Å². The van der Waals surface area contributed by atoms with E-state index >= 15 is 0 Å². The molecule has 2 atom stereocenters. The minimum absolute atomic E-state index is 0.0952. The van der Waals surface area contributed by atoms with Gasteiger partial charge in [-0.15, -0.1) is 0 Å². The molecule has 0 bridgehead atoms. The molecule has 1 aromatic carbocycles. The number of furan rings is 1. The number of benzene rings is 1. The highest BCUT2D eigenvalue weighted by atomic mass is 32.2. The monoisotopic (exact) mass is 348 g/mol. The van der Waals surface area contributed by atoms with Gasteiger partial charge in [0.15, 0.2) is 0 Å². The summed E-state index contributed by atoms with van der Waals surface area (Å²) in [6.07, 6.45) is 3.38. The molecule has 2 heterocycles. The molecule has 2 aromatic rings. The predicted molar refractivity (Wildman–Crippen MR) is 95.4 cm³/mol. The molecule has 24 heavy (non-hydrogen) atoms. The lowest BCUT2D eigenvalue weighted by atomic mass is 9.93. The number of hydrogen-bond acceptors (Lipinski definition) is 4. The summed E-state index contributed by atoms with van der Waals surface area (Å²) in [7, 11) is -1.25. The fourth-order valence-electron chi connectivity index (χ4n) is 3.16. The molecule has 1 aliphatic heterocycles. The van der Waals surface area contributed by atoms with Gasteiger partial charge < -0.3 is 9.32 Å². The molecule has 0 aliphatic carbocycles. The number of nitrogens with one attached hydrogen (secondary N) is 1. The highest BCUT2D eigenvalue weighted by molar-refractivity contribution is 7.90. The Hall–Kier alpha value is -1.63. The third-order valence-corrected chi connectivity index (χ3v) is 6.50. The second-order valence-corrected chi connectivity index (χ2v) is 9.05. The Morgan fingerprint density at radius 2 is 1.83 bits per heavy atom. The van der Waals surface area contributed by atoms with Crippen LogP contribution in [-0.2, 0) is 10.0 Å². The van der Waals surface area contributed by atoms with Crippen LogP contribution in [0.1, 0.15) is 25.3 Å². The van der Waals surface area contributed by atoms with Crippen molar-refractivity contribution in [3.05, 3.63) is 48.4 Å². The largest absolute Gasteiger partial charge is 0.472 e. The normalized spacial score (nSPS) is 22.3. The Labute approximate surface area is 143 Å². The number of sulfonamides is 1. The van der Waals surface area contributed by atoms with Crippen molar-refractivity contribution in [2.45, 2.75) is 31.1 Å². The van der Waals surface area contributed by atoms with Crippen LogP contribution in [-0.4, -0.2) is 44.7 Å². The van der Waals surface area contributed by atoms with Gasteiger partial charge in [0.2, 0.25) is 10.0 Å². The number of rotatable bonds is 5. The number of likely N-dealkylation sites (N-methyl/N-ethyl adjacent to an activating group) is 1. The van der Waals surface area contributed by atoms with Crippen molar-refractivity contribution in [2.75, 3.05) is 20.1 Å². The van der Waals surface area contributed by atoms with Gasteiger partial charge in [-0.3, -0.25) is 0 Å². The minimum Gasteiger partial charge on any atom is -0.472 e. The van der Waals surface area contributed by atoms with Gasteiger partial charge in [0.25, 0.3) is 0 Å². The van der Waals surface area contributed by atoms with Crippen LogP contribution in [0.4, 0.5) is 0 Å². The van der Waals surface area contributed by atoms with Gasteiger partial charge in [-0.1, -0.05) is 24.3 Å². The maximum Gasteiger partial charge on any atom is 0.214 e. The molecule has 5 nitrogen and oxygen atoms in total. The fraction of sp³-hybridized carbons (Fsp3) is 0.444. The molecule has 1 fully saturated rings. The first-order valence-corrected chi connectivity index (χ1v) is 9.73. The molecule has 1 saturated heterocycles. The molecular weight excluding hydrogens is 324 g/mol. The summed E-state index contributed by atoms with van der Waals surface area (Å²) in [6.45, 7) is 4.97. The molecule has 130 valence electrons. The van der Waals surface area contributed by atoms with Crippen LogP contribution < -0.4 is 4.72 Å². The molecule has 2 unspecified atom stereocenters. The molecule has 1 aliphatic rings. The zero-order valence-corrected chi connectivity index (χ0v) is 15.1. The number of hydrogen-bond donors (Lipinski definition) is 1. The SMILES string of the molecule is CC(C)S(=O)(=O)NC1CN(C)CC1c1ccc(-c2ccoc2)cc1. The third kappa shape index (κ3) is 3.55. The van der Waals surface area contributed by atoms with E-state index in [0.29, 0.717) is 0 Å². The highest BCUT2D eigenvalue weighted by Gasteiger charge is 2.35. The van der Waals surface area contributed by atoms with E-state index in [-0.39, 0.29) is 12.0 Å². The van der Waals surface area contributed by atoms with Gasteiger partial charge in [-0.25, -0.2) is 13.1 Å². The number of likely N-dealkylation sites (tertiary alicyclic amines) is 1. The summed E-state index contributed by atoms with van der Waals surface area (Å²) >= 11 is 0. The summed E-state index contributed by atoms with van der Waals surface area (Å²) in [5.74, 6) is 0.155. The smallest absolute Gasteiger partial charge is 0.214 e. The van der Waals surface area contributed by atoms with Crippen molar-refractivity contribution in [2.24, 2.45) is 0 Å². The molecule has 6 heteroatoms. The number of nitrogens with zero attached hydrogens (tertiary/aromatic N) is 1. The Balaban J connectivity index is 1.81. The summed E-state index contributed by atoms with van der Waals surface area (Å²) in [5.41, 5.74) is 3.29. The van der Waals surface area contributed by atoms with Crippen LogP contribution in [0.2, 0.25) is 0 Å². The summed E-state index contributed by atoms with van der Waals surface area (Å²) in [5, 5.41) is -0.424. The molecule has 0 saturated carbocycles. The Morgan fingerprint density at radius 1 is 1.12 bits per heavy atom. The van der Waals surface area contributed by atoms with E-state index < -0.39 is 15.3 Å². The molecule has 1 N–H and O–H groups in total. The second kappa shape index (κ2) is 6.70. The van der Waals surface area contributed by atoms with Crippen LogP contribution >= 0.6 is 0 Å². The van der Waals surface area contributed by atoms with Gasteiger partial charge >= 0.3 is 0 Å². The van der Waals surface area contributed by atoms with Gasteiger partial charge in [0.1, 0.15) is 0 Å². The van der Waals surface area contributed by atoms with E-state index in [4.69, 9.17) is 4.42 Å². The van der Waals surface area contributed by atoms with Crippen LogP contribution in [0.25, 0.3) is 11.1 Å². The van der Waals surface area contributed by atoms with Gasteiger partial charge in [0, 0.05) is 30.6 Å². The molecule has 0 radical (unpaired) electrons. The van der Waals surface area contributed by atoms with E-state index in [0.717, 1.165) is 29.8 Å². The van der Waals surface area contributed by atoms with Gasteiger partial charge in [-0.2, -0.15) is 0 Å². The summed E-state index contributed by atoms with van der Waals surface area (Å²) in [6, 6.07) is 10.1. The average molecular weight is 348 g/mol. The molecule has 0 spiro atoms. The molecule has 1 aromatic heterocycles. The van der Waals surface area contributed by atoms with Crippen molar-refractivity contribution in [1.82, 2.24) is 9.62 Å². The average Bonchev–Trinajstić information content (AvgIpc) is 3.17. The quantitative estimate of drug-likeness (QED) is 0.902. The zero-order chi connectivity index (χ0) is 17.3. The second-order valence-electron chi connectivity index (χ2n) is 6.78. The molecule has 3 rings (SSSR count). The lowest BCUT2D eigenvalue weighted by molar-refractivity contribution is 0.404. The van der Waals surface area contributed by atoms with Crippen molar-refractivity contribution < 1.29 is 12.8 Å². The van der Waals surface area contributed by atoms with Crippen LogP contribution in [0.15, 0.2) is 47.3 Å². The lowest BCUT2D eigenvalue weighted by Gasteiger charge is -2.21. The minimum atomic E-state index is -3.28. The van der Waals surface area contributed by atoms with Crippen LogP contribution in [0.3, 0.4) is 0 Å². The first-order valence-electron chi connectivity index (χ1n) is 8.19. The topological polar surface area (TPSA) is 62.6 Å². The highest BCUT2D eigenvalue weighted by Crippen LogP contribution is 2.29. The van der Waals surface area contributed by atoms with Crippen molar-refractivity contribution in [3.8, 4) is 11.1 Å². The summed E-state index contributed by atoms with van der Waals surface area (Å²) < 4.78 is 32.5. The van der Waals surface area contributed by atoms with E-state index in [9.17, 15) is 8.42 Å². The fourth-order valence-corrected chi connectivity index (χ4v) is 4.09. The third-order valence-electron chi connectivity index (χ3n) is 4.63. The summed E-state index contributed by atoms with van der Waals surface area (Å²) in [4.78, 5) is 2.17. The standard InChI is InChI=1S/C18H24N2O3S/c1-13(2)24(21,22)19-18-11-20(3)10-17(18)15-6-4-14(5-7-15)16-8-9-23-12-16/h4-9,12-13,17-19H,10-11H2,1-3H3. The zero-order valence-electron chi connectivity index (χ0n) is 14.3. The molecular formula is C18H24N2O3S. The maximum atomic E-state index is 12.2. The Kier molecular flexibility index (Phi) is 4.80. The maximum absolute atomic E-state index is 12.2. The van der Waals surface area contributed by atoms with E-state index in [1.165, 1.54) is 0 Å². The Morgan fingerprint density at radius 3 is 2.42 bits per heavy atom. The van der Waals surface area contributed by atoms with E-state index in [2.05, 4.69) is 33.9 Å². The van der Waals surface area contributed by atoms with Crippen LogP contribution in [0, 0.1) is 0 Å². The molecule has 0 amide bonds. The first kappa shape index (κ1) is 17.2. The van der Waals surface area contributed by atoms with Crippen molar-refractivity contribution in [1.29, 1.82) is 0 Å². The van der Waals surface area contributed by atoms with Gasteiger partial charge in [0.05, 0.1) is 17.8 Å². The van der Waals surface area contributed by atoms with Crippen LogP contribution in [0.5, 0.6) is 0 Å². The Bertz CT molecular complexity index is 767. The first-order chi connectivity index (χ1) is 11.4.